The monoisotopic (exact) mass is 257 g/mol. The van der Waals surface area contributed by atoms with Crippen molar-refractivity contribution < 1.29 is 4.79 Å². The third-order valence-corrected chi connectivity index (χ3v) is 5.28. The van der Waals surface area contributed by atoms with Gasteiger partial charge in [-0.1, -0.05) is 38.5 Å². The molecule has 102 valence electrons. The highest BCUT2D eigenvalue weighted by Crippen LogP contribution is 2.54. The van der Waals surface area contributed by atoms with Gasteiger partial charge in [-0.15, -0.1) is 0 Å². The average molecular weight is 257 g/mol. The first-order chi connectivity index (χ1) is 9.07. The molecule has 0 spiro atoms. The number of hydrogen-bond donors (Lipinski definition) is 1. The predicted octanol–water partition coefficient (Wildman–Crippen LogP) is 4.09. The fraction of sp³-hybridized carbons (Fsp3) is 0.588. The molecule has 2 saturated carbocycles. The molecule has 0 heterocycles. The Kier molecular flexibility index (Phi) is 3.12. The molecule has 0 aromatic heterocycles. The number of benzene rings is 1. The van der Waals surface area contributed by atoms with Gasteiger partial charge in [-0.25, -0.2) is 0 Å². The molecule has 0 radical (unpaired) electrons. The number of fused-ring (bicyclic) bond motifs is 2. The number of anilines is 1. The first-order valence-corrected chi connectivity index (χ1v) is 7.44. The summed E-state index contributed by atoms with van der Waals surface area (Å²) in [5.74, 6) is 2.41. The minimum absolute atomic E-state index is 0.177. The third kappa shape index (κ3) is 2.29. The lowest BCUT2D eigenvalue weighted by Gasteiger charge is -2.36. The Balaban J connectivity index is 1.71. The van der Waals surface area contributed by atoms with E-state index in [0.29, 0.717) is 5.92 Å². The van der Waals surface area contributed by atoms with Crippen molar-refractivity contribution in [3.8, 4) is 0 Å². The van der Waals surface area contributed by atoms with E-state index in [2.05, 4.69) is 19.2 Å². The van der Waals surface area contributed by atoms with Gasteiger partial charge in [0.1, 0.15) is 0 Å². The lowest BCUT2D eigenvalue weighted by molar-refractivity contribution is -0.127. The molecular formula is C17H23NO. The van der Waals surface area contributed by atoms with Crippen LogP contribution in [0.15, 0.2) is 30.3 Å². The predicted molar refractivity (Wildman–Crippen MR) is 77.8 cm³/mol. The van der Waals surface area contributed by atoms with E-state index in [9.17, 15) is 4.79 Å². The van der Waals surface area contributed by atoms with Crippen molar-refractivity contribution in [2.24, 2.45) is 23.2 Å². The summed E-state index contributed by atoms with van der Waals surface area (Å²) in [6.45, 7) is 4.24. The molecule has 1 aromatic carbocycles. The van der Waals surface area contributed by atoms with E-state index >= 15 is 0 Å². The van der Waals surface area contributed by atoms with Crippen LogP contribution < -0.4 is 5.32 Å². The Labute approximate surface area is 115 Å². The molecule has 2 nitrogen and oxygen atoms in total. The van der Waals surface area contributed by atoms with Crippen LogP contribution in [0.3, 0.4) is 0 Å². The Hall–Kier alpha value is -1.31. The van der Waals surface area contributed by atoms with Gasteiger partial charge in [0, 0.05) is 11.1 Å². The lowest BCUT2D eigenvalue weighted by Crippen LogP contribution is -2.39. The Morgan fingerprint density at radius 3 is 2.47 bits per heavy atom. The van der Waals surface area contributed by atoms with Crippen LogP contribution in [0, 0.1) is 23.2 Å². The molecule has 0 saturated heterocycles. The maximum atomic E-state index is 12.6. The summed E-state index contributed by atoms with van der Waals surface area (Å²) in [6.07, 6.45) is 5.32. The highest BCUT2D eigenvalue weighted by atomic mass is 16.2. The van der Waals surface area contributed by atoms with Gasteiger partial charge in [-0.05, 0) is 49.1 Å². The van der Waals surface area contributed by atoms with Crippen LogP contribution in [0.4, 0.5) is 5.69 Å². The summed E-state index contributed by atoms with van der Waals surface area (Å²) in [5.41, 5.74) is 0.652. The van der Waals surface area contributed by atoms with Crippen molar-refractivity contribution >= 4 is 11.6 Å². The maximum Gasteiger partial charge on any atom is 0.230 e. The van der Waals surface area contributed by atoms with Crippen molar-refractivity contribution in [3.05, 3.63) is 30.3 Å². The normalized spacial score (nSPS) is 29.5. The second-order valence-electron chi connectivity index (χ2n) is 6.82. The van der Waals surface area contributed by atoms with E-state index in [0.717, 1.165) is 17.5 Å². The molecule has 3 atom stereocenters. The Morgan fingerprint density at radius 2 is 1.89 bits per heavy atom. The minimum atomic E-state index is -0.254. The molecule has 19 heavy (non-hydrogen) atoms. The Bertz CT molecular complexity index is 465. The molecule has 2 aliphatic carbocycles. The van der Waals surface area contributed by atoms with Crippen molar-refractivity contribution in [1.29, 1.82) is 0 Å². The molecule has 2 fully saturated rings. The van der Waals surface area contributed by atoms with Gasteiger partial charge in [0.15, 0.2) is 0 Å². The zero-order chi connectivity index (χ0) is 13.5. The third-order valence-electron chi connectivity index (χ3n) is 5.28. The van der Waals surface area contributed by atoms with Gasteiger partial charge >= 0.3 is 0 Å². The maximum absolute atomic E-state index is 12.6. The minimum Gasteiger partial charge on any atom is -0.326 e. The van der Waals surface area contributed by atoms with Gasteiger partial charge in [-0.2, -0.15) is 0 Å². The second-order valence-corrected chi connectivity index (χ2v) is 6.82. The standard InChI is InChI=1S/C17H23NO/c1-17(2,15-11-12-8-9-13(15)10-12)16(19)18-14-6-4-3-5-7-14/h3-7,12-13,15H,8-11H2,1-2H3,(H,18,19)/t12-,13+,15+/m1/s1. The molecule has 2 bridgehead atoms. The molecule has 0 aliphatic heterocycles. The molecule has 1 N–H and O–H groups in total. The highest BCUT2D eigenvalue weighted by Gasteiger charge is 2.49. The van der Waals surface area contributed by atoms with Gasteiger partial charge in [0.25, 0.3) is 0 Å². The molecular weight excluding hydrogens is 234 g/mol. The molecule has 0 unspecified atom stereocenters. The first-order valence-electron chi connectivity index (χ1n) is 7.44. The summed E-state index contributed by atoms with van der Waals surface area (Å²) in [5, 5.41) is 3.08. The summed E-state index contributed by atoms with van der Waals surface area (Å²) >= 11 is 0. The van der Waals surface area contributed by atoms with Crippen molar-refractivity contribution in [1.82, 2.24) is 0 Å². The number of carbonyl (C=O) groups is 1. The summed E-state index contributed by atoms with van der Waals surface area (Å²) in [7, 11) is 0. The fourth-order valence-electron chi connectivity index (χ4n) is 4.11. The van der Waals surface area contributed by atoms with E-state index in [-0.39, 0.29) is 11.3 Å². The van der Waals surface area contributed by atoms with Gasteiger partial charge in [0.2, 0.25) is 5.91 Å². The van der Waals surface area contributed by atoms with Crippen LogP contribution >= 0.6 is 0 Å². The fourth-order valence-corrected chi connectivity index (χ4v) is 4.11. The van der Waals surface area contributed by atoms with E-state index < -0.39 is 0 Å². The SMILES string of the molecule is CC(C)(C(=O)Nc1ccccc1)[C@H]1C[C@@H]2CC[C@H]1C2. The average Bonchev–Trinajstić information content (AvgIpc) is 3.02. The van der Waals surface area contributed by atoms with Crippen molar-refractivity contribution in [2.75, 3.05) is 5.32 Å². The van der Waals surface area contributed by atoms with E-state index in [1.807, 2.05) is 30.3 Å². The van der Waals surface area contributed by atoms with E-state index in [1.54, 1.807) is 0 Å². The molecule has 2 heteroatoms. The number of hydrogen-bond acceptors (Lipinski definition) is 1. The number of para-hydroxylation sites is 1. The van der Waals surface area contributed by atoms with Crippen molar-refractivity contribution in [3.63, 3.8) is 0 Å². The van der Waals surface area contributed by atoms with Crippen LogP contribution in [-0.2, 0) is 4.79 Å². The smallest absolute Gasteiger partial charge is 0.230 e. The van der Waals surface area contributed by atoms with Crippen LogP contribution in [0.5, 0.6) is 0 Å². The molecule has 2 aliphatic rings. The molecule has 3 rings (SSSR count). The topological polar surface area (TPSA) is 29.1 Å². The van der Waals surface area contributed by atoms with Gasteiger partial charge < -0.3 is 5.32 Å². The summed E-state index contributed by atoms with van der Waals surface area (Å²) in [6, 6.07) is 9.79. The van der Waals surface area contributed by atoms with Crippen LogP contribution in [-0.4, -0.2) is 5.91 Å². The second kappa shape index (κ2) is 4.66. The first kappa shape index (κ1) is 12.7. The van der Waals surface area contributed by atoms with Crippen LogP contribution in [0.1, 0.15) is 39.5 Å². The van der Waals surface area contributed by atoms with Gasteiger partial charge in [-0.3, -0.25) is 4.79 Å². The van der Waals surface area contributed by atoms with Crippen LogP contribution in [0.25, 0.3) is 0 Å². The zero-order valence-corrected chi connectivity index (χ0v) is 11.9. The Morgan fingerprint density at radius 1 is 1.16 bits per heavy atom. The zero-order valence-electron chi connectivity index (χ0n) is 11.9. The summed E-state index contributed by atoms with van der Waals surface area (Å²) < 4.78 is 0. The number of nitrogens with one attached hydrogen (secondary N) is 1. The molecule has 1 aromatic rings. The number of carbonyl (C=O) groups excluding carboxylic acids is 1. The quantitative estimate of drug-likeness (QED) is 0.868. The number of rotatable bonds is 3. The van der Waals surface area contributed by atoms with Gasteiger partial charge in [0.05, 0.1) is 0 Å². The van der Waals surface area contributed by atoms with Crippen molar-refractivity contribution in [2.45, 2.75) is 39.5 Å². The summed E-state index contributed by atoms with van der Waals surface area (Å²) in [4.78, 5) is 12.6. The lowest BCUT2D eigenvalue weighted by atomic mass is 9.70. The van der Waals surface area contributed by atoms with Crippen LogP contribution in [0.2, 0.25) is 0 Å². The molecule has 1 amide bonds. The highest BCUT2D eigenvalue weighted by molar-refractivity contribution is 5.95. The largest absolute Gasteiger partial charge is 0.326 e. The number of amides is 1. The van der Waals surface area contributed by atoms with E-state index in [1.165, 1.54) is 25.7 Å². The van der Waals surface area contributed by atoms with E-state index in [4.69, 9.17) is 0 Å².